The third kappa shape index (κ3) is 4.88. The molecule has 0 atom stereocenters. The van der Waals surface area contributed by atoms with Crippen LogP contribution in [0.1, 0.15) is 16.7 Å². The molecule has 0 spiro atoms. The van der Waals surface area contributed by atoms with Gasteiger partial charge in [0, 0.05) is 18.2 Å². The molecule has 0 fully saturated rings. The van der Waals surface area contributed by atoms with E-state index in [1.165, 1.54) is 25.3 Å². The van der Waals surface area contributed by atoms with E-state index in [0.717, 1.165) is 5.56 Å². The predicted molar refractivity (Wildman–Crippen MR) is 93.3 cm³/mol. The zero-order valence-electron chi connectivity index (χ0n) is 13.4. The largest absolute Gasteiger partial charge is 0.466 e. The summed E-state index contributed by atoms with van der Waals surface area (Å²) in [6.45, 7) is 0. The molecule has 0 N–H and O–H groups in total. The maximum atomic E-state index is 11.6. The van der Waals surface area contributed by atoms with Gasteiger partial charge in [0.1, 0.15) is 0 Å². The average Bonchev–Trinajstić information content (AvgIpc) is 2.65. The molecule has 0 saturated carbocycles. The highest BCUT2D eigenvalue weighted by Gasteiger charge is 2.05. The highest BCUT2D eigenvalue weighted by atomic mass is 16.6. The molecule has 0 aromatic heterocycles. The summed E-state index contributed by atoms with van der Waals surface area (Å²) in [5.41, 5.74) is 2.45. The number of hydrogen-bond donors (Lipinski definition) is 0. The minimum atomic E-state index is -0.522. The molecule has 0 bridgehead atoms. The van der Waals surface area contributed by atoms with Crippen LogP contribution >= 0.6 is 0 Å². The first-order chi connectivity index (χ1) is 12.0. The van der Waals surface area contributed by atoms with E-state index in [1.54, 1.807) is 48.6 Å². The van der Waals surface area contributed by atoms with Crippen molar-refractivity contribution in [1.29, 1.82) is 5.26 Å². The number of methoxy groups -OCH3 is 1. The van der Waals surface area contributed by atoms with Gasteiger partial charge in [-0.25, -0.2) is 4.79 Å². The molecule has 0 heterocycles. The van der Waals surface area contributed by atoms with Gasteiger partial charge >= 0.3 is 5.97 Å². The summed E-state index contributed by atoms with van der Waals surface area (Å²) in [6, 6.07) is 14.9. The fourth-order valence-electron chi connectivity index (χ4n) is 2.08. The molecule has 2 rings (SSSR count). The maximum absolute atomic E-state index is 11.6. The fourth-order valence-corrected chi connectivity index (χ4v) is 2.08. The molecule has 25 heavy (non-hydrogen) atoms. The van der Waals surface area contributed by atoms with Crippen LogP contribution in [0.4, 0.5) is 5.69 Å². The Kier molecular flexibility index (Phi) is 5.80. The maximum Gasteiger partial charge on any atom is 0.331 e. The van der Waals surface area contributed by atoms with E-state index in [1.807, 2.05) is 6.07 Å². The second kappa shape index (κ2) is 8.22. The van der Waals surface area contributed by atoms with Crippen LogP contribution in [-0.2, 0) is 9.53 Å². The van der Waals surface area contributed by atoms with Crippen LogP contribution in [-0.4, -0.2) is 18.0 Å². The van der Waals surface area contributed by atoms with Crippen LogP contribution in [0.15, 0.2) is 60.7 Å². The number of hydrogen-bond acceptors (Lipinski definition) is 5. The van der Waals surface area contributed by atoms with Crippen LogP contribution in [0.3, 0.4) is 0 Å². The Morgan fingerprint density at radius 1 is 1.24 bits per heavy atom. The summed E-state index contributed by atoms with van der Waals surface area (Å²) < 4.78 is 4.66. The molecule has 0 aliphatic heterocycles. The average molecular weight is 334 g/mol. The Labute approximate surface area is 144 Å². The second-order valence-corrected chi connectivity index (χ2v) is 5.00. The highest BCUT2D eigenvalue weighted by Crippen LogP contribution is 2.20. The number of nitriles is 1. The minimum absolute atomic E-state index is 0.00389. The smallest absolute Gasteiger partial charge is 0.331 e. The van der Waals surface area contributed by atoms with Gasteiger partial charge in [-0.05, 0) is 41.0 Å². The number of carbonyl (C=O) groups is 1. The van der Waals surface area contributed by atoms with Gasteiger partial charge in [-0.1, -0.05) is 24.3 Å². The van der Waals surface area contributed by atoms with Crippen molar-refractivity contribution in [1.82, 2.24) is 0 Å². The summed E-state index contributed by atoms with van der Waals surface area (Å²) >= 11 is 0. The minimum Gasteiger partial charge on any atom is -0.466 e. The van der Waals surface area contributed by atoms with E-state index < -0.39 is 10.9 Å². The van der Waals surface area contributed by atoms with E-state index in [0.29, 0.717) is 16.7 Å². The first-order valence-electron chi connectivity index (χ1n) is 7.26. The van der Waals surface area contributed by atoms with E-state index in [9.17, 15) is 14.9 Å². The molecule has 6 nitrogen and oxygen atoms in total. The summed E-state index contributed by atoms with van der Waals surface area (Å²) in [5.74, 6) is -0.522. The lowest BCUT2D eigenvalue weighted by molar-refractivity contribution is -0.384. The first-order valence-corrected chi connectivity index (χ1v) is 7.26. The molecule has 0 unspecified atom stereocenters. The van der Waals surface area contributed by atoms with Crippen molar-refractivity contribution in [3.05, 3.63) is 87.5 Å². The topological polar surface area (TPSA) is 93.2 Å². The van der Waals surface area contributed by atoms with Crippen molar-refractivity contribution in [2.24, 2.45) is 0 Å². The second-order valence-electron chi connectivity index (χ2n) is 5.00. The first kappa shape index (κ1) is 17.6. The van der Waals surface area contributed by atoms with Crippen molar-refractivity contribution in [2.75, 3.05) is 7.11 Å². The lowest BCUT2D eigenvalue weighted by Gasteiger charge is -2.04. The molecule has 2 aromatic rings. The number of non-ortho nitro benzene ring substituents is 1. The number of allylic oxidation sites excluding steroid dienone is 2. The van der Waals surface area contributed by atoms with Crippen molar-refractivity contribution in [3.63, 3.8) is 0 Å². The third-order valence-electron chi connectivity index (χ3n) is 3.36. The number of benzene rings is 2. The van der Waals surface area contributed by atoms with Crippen molar-refractivity contribution in [2.45, 2.75) is 0 Å². The van der Waals surface area contributed by atoms with Crippen LogP contribution in [0, 0.1) is 21.4 Å². The normalized spacial score (nSPS) is 11.1. The summed E-state index contributed by atoms with van der Waals surface area (Å²) in [4.78, 5) is 21.8. The third-order valence-corrected chi connectivity index (χ3v) is 3.36. The molecule has 0 amide bonds. The molecule has 124 valence electrons. The van der Waals surface area contributed by atoms with Crippen molar-refractivity contribution in [3.8, 4) is 6.07 Å². The van der Waals surface area contributed by atoms with E-state index in [-0.39, 0.29) is 5.69 Å². The number of esters is 1. The van der Waals surface area contributed by atoms with Gasteiger partial charge < -0.3 is 4.74 Å². The molecule has 6 heteroatoms. The number of carbonyl (C=O) groups excluding carboxylic acids is 1. The molecular weight excluding hydrogens is 320 g/mol. The number of ether oxygens (including phenoxy) is 1. The predicted octanol–water partition coefficient (Wildman–Crippen LogP) is 3.74. The molecule has 0 aliphatic rings. The molecule has 0 aliphatic carbocycles. The molecule has 2 aromatic carbocycles. The summed E-state index contributed by atoms with van der Waals surface area (Å²) in [6.07, 6.45) is 4.73. The van der Waals surface area contributed by atoms with Gasteiger partial charge in [0.05, 0.1) is 23.7 Å². The van der Waals surface area contributed by atoms with Crippen LogP contribution in [0.5, 0.6) is 0 Å². The van der Waals surface area contributed by atoms with Crippen LogP contribution in [0.2, 0.25) is 0 Å². The monoisotopic (exact) mass is 334 g/mol. The lowest BCUT2D eigenvalue weighted by atomic mass is 10.0. The van der Waals surface area contributed by atoms with Gasteiger partial charge in [0.2, 0.25) is 0 Å². The van der Waals surface area contributed by atoms with E-state index >= 15 is 0 Å². The number of nitrogens with zero attached hydrogens (tertiary/aromatic N) is 2. The van der Waals surface area contributed by atoms with E-state index in [4.69, 9.17) is 5.26 Å². The van der Waals surface area contributed by atoms with E-state index in [2.05, 4.69) is 4.74 Å². The van der Waals surface area contributed by atoms with Gasteiger partial charge in [-0.2, -0.15) is 5.26 Å². The molecular formula is C19H14N2O4. The SMILES string of the molecule is COC(=O)/C=C(\C=C\c1ccc([N+](=O)[O-])cc1)c1cccc(C#N)c1. The summed E-state index contributed by atoms with van der Waals surface area (Å²) in [5, 5.41) is 19.7. The molecule has 0 saturated heterocycles. The zero-order valence-corrected chi connectivity index (χ0v) is 13.4. The number of nitro groups is 1. The van der Waals surface area contributed by atoms with Gasteiger partial charge in [-0.15, -0.1) is 0 Å². The van der Waals surface area contributed by atoms with Crippen LogP contribution < -0.4 is 0 Å². The Hall–Kier alpha value is -3.72. The number of rotatable bonds is 5. The zero-order chi connectivity index (χ0) is 18.2. The Balaban J connectivity index is 2.36. The Morgan fingerprint density at radius 3 is 2.56 bits per heavy atom. The quantitative estimate of drug-likeness (QED) is 0.273. The lowest BCUT2D eigenvalue weighted by Crippen LogP contribution is -1.96. The highest BCUT2D eigenvalue weighted by molar-refractivity contribution is 5.95. The Bertz CT molecular complexity index is 890. The number of nitro benzene ring substituents is 1. The van der Waals surface area contributed by atoms with Gasteiger partial charge in [-0.3, -0.25) is 10.1 Å². The summed E-state index contributed by atoms with van der Waals surface area (Å²) in [7, 11) is 1.28. The fraction of sp³-hybridized carbons (Fsp3) is 0.0526. The van der Waals surface area contributed by atoms with Crippen molar-refractivity contribution < 1.29 is 14.5 Å². The Morgan fingerprint density at radius 2 is 1.96 bits per heavy atom. The molecule has 0 radical (unpaired) electrons. The van der Waals surface area contributed by atoms with Gasteiger partial charge in [0.15, 0.2) is 0 Å². The van der Waals surface area contributed by atoms with Gasteiger partial charge in [0.25, 0.3) is 5.69 Å². The van der Waals surface area contributed by atoms with Crippen LogP contribution in [0.25, 0.3) is 11.6 Å². The van der Waals surface area contributed by atoms with Crippen molar-refractivity contribution >= 4 is 23.3 Å². The standard InChI is InChI=1S/C19H14N2O4/c1-25-19(22)12-17(16-4-2-3-15(11-16)13-20)8-5-14-6-9-18(10-7-14)21(23)24/h2-12H,1H3/b8-5+,17-12+.